The first-order chi connectivity index (χ1) is 17.5. The van der Waals surface area contributed by atoms with Gasteiger partial charge in [0, 0.05) is 19.5 Å². The Labute approximate surface area is 217 Å². The standard InChI is InChI=1S/C29H31FN4O3/c1-29(2,3)37-28(36)34-23-12-11-21(14-23)26(34)27(35)33(4)24(17-32)13-18-5-7-19(8-6-18)20-9-10-22(16-31)25(30)15-20/h5-10,15,21,23-24,26H,11-14H2,1-4H3. The summed E-state index contributed by atoms with van der Waals surface area (Å²) < 4.78 is 19.6. The van der Waals surface area contributed by atoms with Crippen molar-refractivity contribution in [3.8, 4) is 23.3 Å². The number of likely N-dealkylation sites (tertiary alicyclic amines) is 1. The van der Waals surface area contributed by atoms with Gasteiger partial charge >= 0.3 is 6.09 Å². The third kappa shape index (κ3) is 5.44. The summed E-state index contributed by atoms with van der Waals surface area (Å²) in [6.45, 7) is 5.41. The Hall–Kier alpha value is -3.91. The topological polar surface area (TPSA) is 97.4 Å². The Balaban J connectivity index is 1.47. The monoisotopic (exact) mass is 502 g/mol. The van der Waals surface area contributed by atoms with Crippen molar-refractivity contribution in [2.24, 2.45) is 5.92 Å². The zero-order valence-electron chi connectivity index (χ0n) is 21.6. The van der Waals surface area contributed by atoms with Crippen LogP contribution in [0.5, 0.6) is 0 Å². The van der Waals surface area contributed by atoms with E-state index < -0.39 is 29.6 Å². The Morgan fingerprint density at radius 1 is 1.14 bits per heavy atom. The number of likely N-dealkylation sites (N-methyl/N-ethyl adjacent to an activating group) is 1. The Kier molecular flexibility index (Phi) is 7.23. The van der Waals surface area contributed by atoms with Crippen LogP contribution in [0.2, 0.25) is 0 Å². The first kappa shape index (κ1) is 26.2. The van der Waals surface area contributed by atoms with Crippen molar-refractivity contribution in [3.63, 3.8) is 0 Å². The van der Waals surface area contributed by atoms with Crippen molar-refractivity contribution >= 4 is 12.0 Å². The Morgan fingerprint density at radius 3 is 2.41 bits per heavy atom. The molecule has 2 aromatic rings. The van der Waals surface area contributed by atoms with Crippen LogP contribution in [0.25, 0.3) is 11.1 Å². The van der Waals surface area contributed by atoms with Gasteiger partial charge < -0.3 is 9.64 Å². The lowest BCUT2D eigenvalue weighted by Crippen LogP contribution is -2.55. The van der Waals surface area contributed by atoms with E-state index in [4.69, 9.17) is 10.00 Å². The number of nitrogens with zero attached hydrogens (tertiary/aromatic N) is 4. The van der Waals surface area contributed by atoms with Gasteiger partial charge in [-0.2, -0.15) is 10.5 Å². The number of hydrogen-bond acceptors (Lipinski definition) is 5. The van der Waals surface area contributed by atoms with Crippen LogP contribution in [-0.2, 0) is 16.0 Å². The predicted molar refractivity (Wildman–Crippen MR) is 135 cm³/mol. The first-order valence-corrected chi connectivity index (χ1v) is 12.5. The van der Waals surface area contributed by atoms with Gasteiger partial charge in [0.1, 0.15) is 29.6 Å². The van der Waals surface area contributed by atoms with E-state index in [-0.39, 0.29) is 23.4 Å². The van der Waals surface area contributed by atoms with Gasteiger partial charge in [0.15, 0.2) is 0 Å². The van der Waals surface area contributed by atoms with Gasteiger partial charge in [0.25, 0.3) is 0 Å². The molecule has 2 aliphatic rings. The quantitative estimate of drug-likeness (QED) is 0.570. The average molecular weight is 503 g/mol. The summed E-state index contributed by atoms with van der Waals surface area (Å²) >= 11 is 0. The SMILES string of the molecule is CN(C(=O)C1C2CCC(C2)N1C(=O)OC(C)(C)C)C(C#N)Cc1ccc(-c2ccc(C#N)c(F)c2)cc1. The van der Waals surface area contributed by atoms with Gasteiger partial charge in [0.05, 0.1) is 11.6 Å². The number of halogens is 1. The number of fused-ring (bicyclic) bond motifs is 2. The second-order valence-electron chi connectivity index (χ2n) is 10.9. The number of ether oxygens (including phenoxy) is 1. The second-order valence-corrected chi connectivity index (χ2v) is 10.9. The van der Waals surface area contributed by atoms with Crippen molar-refractivity contribution in [3.05, 3.63) is 59.4 Å². The predicted octanol–water partition coefficient (Wildman–Crippen LogP) is 5.05. The molecule has 1 heterocycles. The lowest BCUT2D eigenvalue weighted by molar-refractivity contribution is -0.138. The zero-order chi connectivity index (χ0) is 26.9. The number of carbonyl (C=O) groups is 2. The van der Waals surface area contributed by atoms with Crippen LogP contribution >= 0.6 is 0 Å². The van der Waals surface area contributed by atoms with Crippen LogP contribution in [0, 0.1) is 34.4 Å². The fourth-order valence-electron chi connectivity index (χ4n) is 5.36. The molecule has 4 rings (SSSR count). The minimum absolute atomic E-state index is 0.00865. The molecule has 37 heavy (non-hydrogen) atoms. The molecule has 1 aliphatic carbocycles. The summed E-state index contributed by atoms with van der Waals surface area (Å²) in [5, 5.41) is 18.8. The van der Waals surface area contributed by atoms with Crippen LogP contribution in [0.1, 0.15) is 51.2 Å². The minimum atomic E-state index is -0.717. The maximum Gasteiger partial charge on any atom is 0.411 e. The molecule has 1 saturated heterocycles. The molecular formula is C29H31FN4O3. The molecule has 4 unspecified atom stereocenters. The summed E-state index contributed by atoms with van der Waals surface area (Å²) in [4.78, 5) is 29.6. The lowest BCUT2D eigenvalue weighted by Gasteiger charge is -2.38. The van der Waals surface area contributed by atoms with Gasteiger partial charge in [-0.15, -0.1) is 0 Å². The van der Waals surface area contributed by atoms with Crippen molar-refractivity contribution < 1.29 is 18.7 Å². The van der Waals surface area contributed by atoms with Gasteiger partial charge in [-0.3, -0.25) is 9.69 Å². The summed E-state index contributed by atoms with van der Waals surface area (Å²) in [5.74, 6) is -0.747. The van der Waals surface area contributed by atoms with E-state index in [0.717, 1.165) is 30.4 Å². The molecule has 2 bridgehead atoms. The van der Waals surface area contributed by atoms with E-state index in [0.29, 0.717) is 12.0 Å². The number of amides is 2. The van der Waals surface area contributed by atoms with E-state index in [9.17, 15) is 19.2 Å². The van der Waals surface area contributed by atoms with Crippen molar-refractivity contribution in [2.45, 2.75) is 70.2 Å². The number of rotatable bonds is 5. The maximum absolute atomic E-state index is 14.0. The van der Waals surface area contributed by atoms with E-state index in [1.54, 1.807) is 38.8 Å². The number of nitriles is 2. The molecule has 0 radical (unpaired) electrons. The van der Waals surface area contributed by atoms with Crippen molar-refractivity contribution in [2.75, 3.05) is 7.05 Å². The van der Waals surface area contributed by atoms with Crippen LogP contribution in [0.3, 0.4) is 0 Å². The molecule has 1 saturated carbocycles. The molecule has 2 aromatic carbocycles. The highest BCUT2D eigenvalue weighted by molar-refractivity contribution is 5.87. The van der Waals surface area contributed by atoms with Crippen LogP contribution in [0.4, 0.5) is 9.18 Å². The van der Waals surface area contributed by atoms with E-state index in [2.05, 4.69) is 6.07 Å². The molecule has 192 valence electrons. The van der Waals surface area contributed by atoms with E-state index in [1.807, 2.05) is 30.3 Å². The fraction of sp³-hybridized carbons (Fsp3) is 0.448. The summed E-state index contributed by atoms with van der Waals surface area (Å²) in [5.41, 5.74) is 1.60. The number of hydrogen-bond donors (Lipinski definition) is 0. The van der Waals surface area contributed by atoms with E-state index >= 15 is 0 Å². The first-order valence-electron chi connectivity index (χ1n) is 12.5. The third-order valence-corrected chi connectivity index (χ3v) is 7.21. The molecule has 4 atom stereocenters. The number of piperidine rings is 1. The smallest absolute Gasteiger partial charge is 0.411 e. The normalized spacial score (nSPS) is 21.2. The third-order valence-electron chi connectivity index (χ3n) is 7.21. The number of carbonyl (C=O) groups excluding carboxylic acids is 2. The molecule has 7 nitrogen and oxygen atoms in total. The molecule has 0 N–H and O–H groups in total. The summed E-state index contributed by atoms with van der Waals surface area (Å²) in [6.07, 6.45) is 2.35. The zero-order valence-corrected chi connectivity index (χ0v) is 21.6. The van der Waals surface area contributed by atoms with Crippen molar-refractivity contribution in [1.29, 1.82) is 10.5 Å². The minimum Gasteiger partial charge on any atom is -0.444 e. The largest absolute Gasteiger partial charge is 0.444 e. The molecular weight excluding hydrogens is 471 g/mol. The van der Waals surface area contributed by atoms with Gasteiger partial charge in [-0.1, -0.05) is 30.3 Å². The highest BCUT2D eigenvalue weighted by atomic mass is 19.1. The fourth-order valence-corrected chi connectivity index (χ4v) is 5.36. The van der Waals surface area contributed by atoms with Crippen LogP contribution < -0.4 is 0 Å². The highest BCUT2D eigenvalue weighted by Gasteiger charge is 2.53. The molecule has 8 heteroatoms. The molecule has 2 fully saturated rings. The van der Waals surface area contributed by atoms with Crippen molar-refractivity contribution in [1.82, 2.24) is 9.80 Å². The lowest BCUT2D eigenvalue weighted by atomic mass is 9.96. The highest BCUT2D eigenvalue weighted by Crippen LogP contribution is 2.44. The summed E-state index contributed by atoms with van der Waals surface area (Å²) in [6, 6.07) is 14.5. The average Bonchev–Trinajstić information content (AvgIpc) is 3.48. The maximum atomic E-state index is 14.0. The Bertz CT molecular complexity index is 1270. The molecule has 0 aromatic heterocycles. The second kappa shape index (κ2) is 10.2. The number of benzene rings is 2. The van der Waals surface area contributed by atoms with Gasteiger partial charge in [-0.05, 0) is 74.8 Å². The van der Waals surface area contributed by atoms with Gasteiger partial charge in [-0.25, -0.2) is 9.18 Å². The molecule has 1 aliphatic heterocycles. The Morgan fingerprint density at radius 2 is 1.81 bits per heavy atom. The summed E-state index contributed by atoms with van der Waals surface area (Å²) in [7, 11) is 1.61. The van der Waals surface area contributed by atoms with E-state index in [1.165, 1.54) is 17.0 Å². The van der Waals surface area contributed by atoms with Crippen LogP contribution in [0.15, 0.2) is 42.5 Å². The van der Waals surface area contributed by atoms with Crippen LogP contribution in [-0.4, -0.2) is 52.6 Å². The van der Waals surface area contributed by atoms with Gasteiger partial charge in [0.2, 0.25) is 5.91 Å². The molecule has 2 amide bonds. The molecule has 0 spiro atoms.